The van der Waals surface area contributed by atoms with Crippen molar-refractivity contribution in [3.63, 3.8) is 0 Å². The van der Waals surface area contributed by atoms with Crippen molar-refractivity contribution in [2.75, 3.05) is 6.54 Å². The number of rotatable bonds is 2. The van der Waals surface area contributed by atoms with Gasteiger partial charge in [-0.15, -0.1) is 0 Å². The van der Waals surface area contributed by atoms with Crippen LogP contribution in [0.2, 0.25) is 5.02 Å². The largest absolute Gasteiger partial charge is 0.413 e. The molecule has 1 aromatic rings. The van der Waals surface area contributed by atoms with Crippen LogP contribution in [0.15, 0.2) is 18.2 Å². The van der Waals surface area contributed by atoms with Gasteiger partial charge in [-0.2, -0.15) is 5.26 Å². The van der Waals surface area contributed by atoms with E-state index in [0.29, 0.717) is 0 Å². The summed E-state index contributed by atoms with van der Waals surface area (Å²) in [6.07, 6.45) is -0.815. The monoisotopic (exact) mass is 228 g/mol. The molecule has 0 heterocycles. The van der Waals surface area contributed by atoms with Gasteiger partial charge in [0.25, 0.3) is 0 Å². The van der Waals surface area contributed by atoms with E-state index in [1.807, 2.05) is 0 Å². The fourth-order valence-corrected chi connectivity index (χ4v) is 1.01. The number of benzene rings is 1. The molecule has 4 nitrogen and oxygen atoms in total. The third-order valence-corrected chi connectivity index (χ3v) is 1.70. The number of hydrogen-bond donors (Lipinski definition) is 1. The van der Waals surface area contributed by atoms with Gasteiger partial charge in [-0.25, -0.2) is 9.18 Å². The Morgan fingerprint density at radius 3 is 3.00 bits per heavy atom. The molecule has 0 unspecified atom stereocenters. The molecular weight excluding hydrogens is 223 g/mol. The molecule has 0 aliphatic rings. The lowest BCUT2D eigenvalue weighted by molar-refractivity contribution is 0.202. The molecule has 1 rings (SSSR count). The van der Waals surface area contributed by atoms with Gasteiger partial charge in [0.2, 0.25) is 0 Å². The standard InChI is InChI=1S/C9H6ClFN2O2/c10-7-5-6(11)1-2-8(7)15-9(14)13-4-3-12/h1-2,5H,4H2,(H,13,14). The normalized spacial score (nSPS) is 9.13. The van der Waals surface area contributed by atoms with Crippen LogP contribution in [0.1, 0.15) is 0 Å². The van der Waals surface area contributed by atoms with E-state index in [4.69, 9.17) is 21.6 Å². The zero-order chi connectivity index (χ0) is 11.3. The summed E-state index contributed by atoms with van der Waals surface area (Å²) in [5, 5.41) is 10.3. The molecule has 15 heavy (non-hydrogen) atoms. The second kappa shape index (κ2) is 5.17. The quantitative estimate of drug-likeness (QED) is 0.789. The number of carbonyl (C=O) groups excluding carboxylic acids is 1. The van der Waals surface area contributed by atoms with Gasteiger partial charge in [-0.1, -0.05) is 11.6 Å². The lowest BCUT2D eigenvalue weighted by Crippen LogP contribution is -2.27. The minimum Gasteiger partial charge on any atom is -0.409 e. The maximum Gasteiger partial charge on any atom is 0.413 e. The van der Waals surface area contributed by atoms with Gasteiger partial charge in [0, 0.05) is 0 Å². The van der Waals surface area contributed by atoms with Crippen molar-refractivity contribution in [3.05, 3.63) is 29.0 Å². The summed E-state index contributed by atoms with van der Waals surface area (Å²) in [5.74, 6) is -0.488. The third-order valence-electron chi connectivity index (χ3n) is 1.41. The van der Waals surface area contributed by atoms with Gasteiger partial charge in [0.05, 0.1) is 11.1 Å². The molecule has 1 aromatic carbocycles. The summed E-state index contributed by atoms with van der Waals surface area (Å²) in [6, 6.07) is 5.06. The highest BCUT2D eigenvalue weighted by Crippen LogP contribution is 2.24. The number of amides is 1. The summed E-state index contributed by atoms with van der Waals surface area (Å²) in [4.78, 5) is 11.0. The average molecular weight is 229 g/mol. The Kier molecular flexibility index (Phi) is 3.89. The lowest BCUT2D eigenvalue weighted by Gasteiger charge is -2.05. The van der Waals surface area contributed by atoms with Crippen molar-refractivity contribution >= 4 is 17.7 Å². The molecule has 0 bridgehead atoms. The molecule has 0 radical (unpaired) electrons. The highest BCUT2D eigenvalue weighted by molar-refractivity contribution is 6.32. The molecule has 78 valence electrons. The zero-order valence-electron chi connectivity index (χ0n) is 7.46. The molecule has 0 aliphatic heterocycles. The van der Waals surface area contributed by atoms with Crippen molar-refractivity contribution in [1.82, 2.24) is 5.32 Å². The second-order valence-corrected chi connectivity index (χ2v) is 2.88. The molecule has 0 saturated heterocycles. The zero-order valence-corrected chi connectivity index (χ0v) is 8.21. The van der Waals surface area contributed by atoms with Crippen LogP contribution < -0.4 is 10.1 Å². The number of ether oxygens (including phenoxy) is 1. The summed E-state index contributed by atoms with van der Waals surface area (Å²) in [6.45, 7) is -0.169. The molecule has 0 atom stereocenters. The Balaban J connectivity index is 2.65. The Morgan fingerprint density at radius 1 is 1.67 bits per heavy atom. The van der Waals surface area contributed by atoms with Crippen molar-refractivity contribution in [3.8, 4) is 11.8 Å². The van der Waals surface area contributed by atoms with E-state index in [0.717, 1.165) is 12.1 Å². The SMILES string of the molecule is N#CCNC(=O)Oc1ccc(F)cc1Cl. The summed E-state index contributed by atoms with van der Waals surface area (Å²) < 4.78 is 17.3. The number of nitrogens with one attached hydrogen (secondary N) is 1. The van der Waals surface area contributed by atoms with E-state index in [1.165, 1.54) is 6.07 Å². The maximum absolute atomic E-state index is 12.6. The molecule has 0 aliphatic carbocycles. The van der Waals surface area contributed by atoms with Crippen molar-refractivity contribution in [2.45, 2.75) is 0 Å². The smallest absolute Gasteiger partial charge is 0.409 e. The summed E-state index contributed by atoms with van der Waals surface area (Å²) >= 11 is 5.60. The fraction of sp³-hybridized carbons (Fsp3) is 0.111. The van der Waals surface area contributed by atoms with Crippen LogP contribution in [0.5, 0.6) is 5.75 Å². The minimum atomic E-state index is -0.815. The molecular formula is C9H6ClFN2O2. The van der Waals surface area contributed by atoms with E-state index in [-0.39, 0.29) is 17.3 Å². The number of carbonyl (C=O) groups is 1. The van der Waals surface area contributed by atoms with E-state index in [1.54, 1.807) is 6.07 Å². The Morgan fingerprint density at radius 2 is 2.40 bits per heavy atom. The predicted molar refractivity (Wildman–Crippen MR) is 51.0 cm³/mol. The molecule has 6 heteroatoms. The first-order chi connectivity index (χ1) is 7.13. The van der Waals surface area contributed by atoms with Crippen molar-refractivity contribution < 1.29 is 13.9 Å². The van der Waals surface area contributed by atoms with Crippen LogP contribution in [-0.2, 0) is 0 Å². The molecule has 0 saturated carbocycles. The Hall–Kier alpha value is -1.80. The fourth-order valence-electron chi connectivity index (χ4n) is 0.806. The van der Waals surface area contributed by atoms with Crippen LogP contribution in [-0.4, -0.2) is 12.6 Å². The number of nitrogens with zero attached hydrogens (tertiary/aromatic N) is 1. The maximum atomic E-state index is 12.6. The third kappa shape index (κ3) is 3.44. The lowest BCUT2D eigenvalue weighted by atomic mass is 10.3. The van der Waals surface area contributed by atoms with E-state index >= 15 is 0 Å². The van der Waals surface area contributed by atoms with Gasteiger partial charge in [-0.05, 0) is 18.2 Å². The van der Waals surface area contributed by atoms with Gasteiger partial charge < -0.3 is 10.1 Å². The molecule has 1 amide bonds. The predicted octanol–water partition coefficient (Wildman–Crippen LogP) is 2.09. The van der Waals surface area contributed by atoms with Crippen LogP contribution in [0.4, 0.5) is 9.18 Å². The first-order valence-electron chi connectivity index (χ1n) is 3.91. The topological polar surface area (TPSA) is 62.1 Å². The minimum absolute atomic E-state index is 0.0119. The van der Waals surface area contributed by atoms with E-state index in [9.17, 15) is 9.18 Å². The van der Waals surface area contributed by atoms with Crippen molar-refractivity contribution in [2.24, 2.45) is 0 Å². The second-order valence-electron chi connectivity index (χ2n) is 2.48. The highest BCUT2D eigenvalue weighted by Gasteiger charge is 2.07. The molecule has 0 fully saturated rings. The first kappa shape index (κ1) is 11.3. The molecule has 0 aromatic heterocycles. The number of nitriles is 1. The van der Waals surface area contributed by atoms with Crippen LogP contribution in [0.3, 0.4) is 0 Å². The van der Waals surface area contributed by atoms with Crippen LogP contribution >= 0.6 is 11.6 Å². The van der Waals surface area contributed by atoms with E-state index in [2.05, 4.69) is 5.32 Å². The Labute approximate surface area is 90.2 Å². The Bertz CT molecular complexity index is 417. The first-order valence-corrected chi connectivity index (χ1v) is 4.29. The van der Waals surface area contributed by atoms with E-state index < -0.39 is 11.9 Å². The molecule has 1 N–H and O–H groups in total. The summed E-state index contributed by atoms with van der Waals surface area (Å²) in [5.41, 5.74) is 0. The van der Waals surface area contributed by atoms with Crippen LogP contribution in [0, 0.1) is 17.1 Å². The number of halogens is 2. The average Bonchev–Trinajstić information content (AvgIpc) is 2.19. The highest BCUT2D eigenvalue weighted by atomic mass is 35.5. The van der Waals surface area contributed by atoms with Crippen molar-refractivity contribution in [1.29, 1.82) is 5.26 Å². The molecule has 0 spiro atoms. The van der Waals surface area contributed by atoms with Gasteiger partial charge in [-0.3, -0.25) is 0 Å². The van der Waals surface area contributed by atoms with Crippen LogP contribution in [0.25, 0.3) is 0 Å². The van der Waals surface area contributed by atoms with Gasteiger partial charge in [0.1, 0.15) is 12.4 Å². The van der Waals surface area contributed by atoms with Gasteiger partial charge in [0.15, 0.2) is 5.75 Å². The van der Waals surface area contributed by atoms with Gasteiger partial charge >= 0.3 is 6.09 Å². The number of hydrogen-bond acceptors (Lipinski definition) is 3. The summed E-state index contributed by atoms with van der Waals surface area (Å²) in [7, 11) is 0.